The molecule has 0 radical (unpaired) electrons. The molecule has 2 heterocycles. The lowest BCUT2D eigenvalue weighted by atomic mass is 9.99. The number of aldehydes is 1. The molecule has 0 fully saturated rings. The minimum Gasteiger partial charge on any atom is -0.338 e. The van der Waals surface area contributed by atoms with Crippen LogP contribution in [-0.4, -0.2) is 29.3 Å². The van der Waals surface area contributed by atoms with E-state index in [0.717, 1.165) is 31.4 Å². The van der Waals surface area contributed by atoms with Gasteiger partial charge in [0.25, 0.3) is 0 Å². The highest BCUT2D eigenvalue weighted by Gasteiger charge is 2.27. The Balaban J connectivity index is 1.85. The second-order valence-electron chi connectivity index (χ2n) is 6.73. The summed E-state index contributed by atoms with van der Waals surface area (Å²) in [4.78, 5) is 13.3. The van der Waals surface area contributed by atoms with Gasteiger partial charge < -0.3 is 4.57 Å². The van der Waals surface area contributed by atoms with Crippen molar-refractivity contribution in [3.05, 3.63) is 70.9 Å². The van der Waals surface area contributed by atoms with Crippen LogP contribution in [0.4, 0.5) is 0 Å². The SMILES string of the molecule is CC1c2c(c3ccccc3n2Cc2ccc(C=O)cc2)CCN1C. The van der Waals surface area contributed by atoms with Crippen LogP contribution in [0.5, 0.6) is 0 Å². The molecule has 1 aliphatic rings. The van der Waals surface area contributed by atoms with E-state index in [9.17, 15) is 4.79 Å². The Morgan fingerprint density at radius 3 is 2.62 bits per heavy atom. The van der Waals surface area contributed by atoms with Crippen LogP contribution < -0.4 is 0 Å². The second-order valence-corrected chi connectivity index (χ2v) is 6.73. The fourth-order valence-electron chi connectivity index (χ4n) is 3.88. The number of benzene rings is 2. The van der Waals surface area contributed by atoms with Gasteiger partial charge in [-0.2, -0.15) is 0 Å². The molecule has 122 valence electrons. The third-order valence-electron chi connectivity index (χ3n) is 5.35. The molecule has 0 amide bonds. The molecule has 1 unspecified atom stereocenters. The molecule has 0 spiro atoms. The zero-order valence-corrected chi connectivity index (χ0v) is 14.2. The summed E-state index contributed by atoms with van der Waals surface area (Å²) in [7, 11) is 2.20. The maximum absolute atomic E-state index is 10.9. The van der Waals surface area contributed by atoms with E-state index in [4.69, 9.17) is 0 Å². The molecule has 1 aliphatic heterocycles. The summed E-state index contributed by atoms with van der Waals surface area (Å²) in [6.45, 7) is 4.24. The van der Waals surface area contributed by atoms with Crippen molar-refractivity contribution in [2.75, 3.05) is 13.6 Å². The number of fused-ring (bicyclic) bond motifs is 3. The Kier molecular flexibility index (Phi) is 3.73. The van der Waals surface area contributed by atoms with Gasteiger partial charge in [0, 0.05) is 41.3 Å². The topological polar surface area (TPSA) is 25.2 Å². The summed E-state index contributed by atoms with van der Waals surface area (Å²) in [5.41, 5.74) is 6.20. The van der Waals surface area contributed by atoms with Gasteiger partial charge in [-0.1, -0.05) is 42.5 Å². The number of hydrogen-bond acceptors (Lipinski definition) is 2. The van der Waals surface area contributed by atoms with Gasteiger partial charge in [-0.15, -0.1) is 0 Å². The normalized spacial score (nSPS) is 17.8. The lowest BCUT2D eigenvalue weighted by molar-refractivity contribution is 0.112. The average Bonchev–Trinajstić information content (AvgIpc) is 2.93. The molecule has 3 heteroatoms. The summed E-state index contributed by atoms with van der Waals surface area (Å²) in [5.74, 6) is 0. The van der Waals surface area contributed by atoms with Crippen LogP contribution in [0.2, 0.25) is 0 Å². The lowest BCUT2D eigenvalue weighted by Gasteiger charge is -2.32. The van der Waals surface area contributed by atoms with E-state index in [2.05, 4.69) is 59.8 Å². The van der Waals surface area contributed by atoms with Crippen LogP contribution in [0.15, 0.2) is 48.5 Å². The number of likely N-dealkylation sites (N-methyl/N-ethyl adjacent to an activating group) is 1. The molecule has 0 aliphatic carbocycles. The number of rotatable bonds is 3. The zero-order chi connectivity index (χ0) is 16.7. The van der Waals surface area contributed by atoms with Crippen molar-refractivity contribution in [3.8, 4) is 0 Å². The third-order valence-corrected chi connectivity index (χ3v) is 5.35. The summed E-state index contributed by atoms with van der Waals surface area (Å²) in [5, 5.41) is 1.39. The molecule has 1 atom stereocenters. The first-order valence-corrected chi connectivity index (χ1v) is 8.53. The van der Waals surface area contributed by atoms with Crippen LogP contribution in [0, 0.1) is 0 Å². The van der Waals surface area contributed by atoms with Crippen LogP contribution in [0.25, 0.3) is 10.9 Å². The van der Waals surface area contributed by atoms with Crippen LogP contribution >= 0.6 is 0 Å². The van der Waals surface area contributed by atoms with Gasteiger partial charge >= 0.3 is 0 Å². The Morgan fingerprint density at radius 2 is 1.88 bits per heavy atom. The van der Waals surface area contributed by atoms with E-state index in [1.165, 1.54) is 27.7 Å². The Morgan fingerprint density at radius 1 is 1.12 bits per heavy atom. The van der Waals surface area contributed by atoms with Gasteiger partial charge in [0.1, 0.15) is 6.29 Å². The van der Waals surface area contributed by atoms with Crippen LogP contribution in [-0.2, 0) is 13.0 Å². The smallest absolute Gasteiger partial charge is 0.150 e. The molecular weight excluding hydrogens is 296 g/mol. The van der Waals surface area contributed by atoms with Crippen molar-refractivity contribution in [1.82, 2.24) is 9.47 Å². The van der Waals surface area contributed by atoms with E-state index in [1.54, 1.807) is 0 Å². The highest BCUT2D eigenvalue weighted by Crippen LogP contribution is 2.36. The summed E-state index contributed by atoms with van der Waals surface area (Å²) in [6, 6.07) is 17.0. The zero-order valence-electron chi connectivity index (χ0n) is 14.2. The standard InChI is InChI=1S/C21H22N2O/c1-15-21-19(11-12-22(15)2)18-5-3-4-6-20(18)23(21)13-16-7-9-17(14-24)10-8-16/h3-10,14-15H,11-13H2,1-2H3. The van der Waals surface area contributed by atoms with Crippen molar-refractivity contribution >= 4 is 17.2 Å². The van der Waals surface area contributed by atoms with Gasteiger partial charge in [-0.25, -0.2) is 0 Å². The monoisotopic (exact) mass is 318 g/mol. The van der Waals surface area contributed by atoms with Crippen molar-refractivity contribution in [3.63, 3.8) is 0 Å². The number of para-hydroxylation sites is 1. The fraction of sp³-hybridized carbons (Fsp3) is 0.286. The molecule has 3 aromatic rings. The van der Waals surface area contributed by atoms with Gasteiger partial charge in [0.2, 0.25) is 0 Å². The number of carbonyl (C=O) groups excluding carboxylic acids is 1. The molecule has 3 nitrogen and oxygen atoms in total. The Bertz CT molecular complexity index is 892. The maximum Gasteiger partial charge on any atom is 0.150 e. The third kappa shape index (κ3) is 2.36. The van der Waals surface area contributed by atoms with Crippen LogP contribution in [0.1, 0.15) is 40.1 Å². The summed E-state index contributed by atoms with van der Waals surface area (Å²) in [6.07, 6.45) is 2.00. The molecule has 0 N–H and O–H groups in total. The molecule has 0 saturated heterocycles. The fourth-order valence-corrected chi connectivity index (χ4v) is 3.88. The predicted molar refractivity (Wildman–Crippen MR) is 97.6 cm³/mol. The van der Waals surface area contributed by atoms with Gasteiger partial charge in [-0.3, -0.25) is 9.69 Å². The molecule has 2 aromatic carbocycles. The van der Waals surface area contributed by atoms with Crippen molar-refractivity contribution < 1.29 is 4.79 Å². The maximum atomic E-state index is 10.9. The molecule has 24 heavy (non-hydrogen) atoms. The van der Waals surface area contributed by atoms with Crippen molar-refractivity contribution in [2.45, 2.75) is 25.9 Å². The number of nitrogens with zero attached hydrogens (tertiary/aromatic N) is 2. The minimum absolute atomic E-state index is 0.412. The number of aromatic nitrogens is 1. The van der Waals surface area contributed by atoms with Crippen molar-refractivity contribution in [2.24, 2.45) is 0 Å². The Labute approximate surface area is 142 Å². The highest BCUT2D eigenvalue weighted by atomic mass is 16.1. The lowest BCUT2D eigenvalue weighted by Crippen LogP contribution is -2.31. The Hall–Kier alpha value is -2.39. The van der Waals surface area contributed by atoms with E-state index in [0.29, 0.717) is 6.04 Å². The molecule has 1 aromatic heterocycles. The summed E-state index contributed by atoms with van der Waals surface area (Å²) >= 11 is 0. The quantitative estimate of drug-likeness (QED) is 0.681. The first-order chi connectivity index (χ1) is 11.7. The minimum atomic E-state index is 0.412. The first kappa shape index (κ1) is 15.2. The highest BCUT2D eigenvalue weighted by molar-refractivity contribution is 5.86. The van der Waals surface area contributed by atoms with Gasteiger partial charge in [-0.05, 0) is 37.6 Å². The first-order valence-electron chi connectivity index (χ1n) is 8.53. The van der Waals surface area contributed by atoms with E-state index >= 15 is 0 Å². The van der Waals surface area contributed by atoms with E-state index in [-0.39, 0.29) is 0 Å². The predicted octanol–water partition coefficient (Wildman–Crippen LogP) is 4.05. The number of carbonyl (C=O) groups is 1. The van der Waals surface area contributed by atoms with Gasteiger partial charge in [0.05, 0.1) is 0 Å². The molecule has 0 bridgehead atoms. The van der Waals surface area contributed by atoms with Crippen molar-refractivity contribution in [1.29, 1.82) is 0 Å². The second kappa shape index (κ2) is 5.91. The van der Waals surface area contributed by atoms with Crippen LogP contribution in [0.3, 0.4) is 0 Å². The van der Waals surface area contributed by atoms with Gasteiger partial charge in [0.15, 0.2) is 0 Å². The largest absolute Gasteiger partial charge is 0.338 e. The molecular formula is C21H22N2O. The van der Waals surface area contributed by atoms with E-state index < -0.39 is 0 Å². The van der Waals surface area contributed by atoms with E-state index in [1.807, 2.05) is 12.1 Å². The summed E-state index contributed by atoms with van der Waals surface area (Å²) < 4.78 is 2.46. The molecule has 4 rings (SSSR count). The average molecular weight is 318 g/mol. The number of hydrogen-bond donors (Lipinski definition) is 0. The molecule has 0 saturated carbocycles.